The maximum Gasteiger partial charge on any atom is 0.0780 e. The van der Waals surface area contributed by atoms with Gasteiger partial charge in [0.25, 0.3) is 0 Å². The maximum atomic E-state index is 4.69. The summed E-state index contributed by atoms with van der Waals surface area (Å²) in [5, 5.41) is 10.1. The second-order valence-electron chi connectivity index (χ2n) is 7.26. The molecule has 0 atom stereocenters. The average molecular weight is 355 g/mol. The first kappa shape index (κ1) is 15.4. The van der Waals surface area contributed by atoms with Crippen LogP contribution >= 0.6 is 0 Å². The lowest BCUT2D eigenvalue weighted by molar-refractivity contribution is 1.36. The van der Waals surface area contributed by atoms with Crippen LogP contribution in [0.4, 0.5) is 0 Å². The highest BCUT2D eigenvalue weighted by Gasteiger charge is 2.08. The van der Waals surface area contributed by atoms with Gasteiger partial charge in [-0.25, -0.2) is 0 Å². The van der Waals surface area contributed by atoms with Gasteiger partial charge in [-0.1, -0.05) is 84.9 Å². The van der Waals surface area contributed by atoms with Gasteiger partial charge in [0.2, 0.25) is 0 Å². The molecular weight excluding hydrogens is 338 g/mol. The monoisotopic (exact) mass is 355 g/mol. The molecule has 1 heterocycles. The zero-order chi connectivity index (χ0) is 18.5. The molecule has 1 aromatic heterocycles. The van der Waals surface area contributed by atoms with Crippen molar-refractivity contribution in [2.24, 2.45) is 0 Å². The molecule has 0 fully saturated rings. The van der Waals surface area contributed by atoms with E-state index in [0.717, 1.165) is 11.3 Å². The summed E-state index contributed by atoms with van der Waals surface area (Å²) in [6, 6.07) is 34.7. The predicted molar refractivity (Wildman–Crippen MR) is 120 cm³/mol. The molecule has 0 N–H and O–H groups in total. The third kappa shape index (κ3) is 2.23. The second-order valence-corrected chi connectivity index (χ2v) is 7.26. The topological polar surface area (TPSA) is 12.9 Å². The van der Waals surface area contributed by atoms with Crippen molar-refractivity contribution in [3.63, 3.8) is 0 Å². The van der Waals surface area contributed by atoms with Crippen LogP contribution in [0.15, 0.2) is 103 Å². The zero-order valence-electron chi connectivity index (χ0n) is 15.3. The van der Waals surface area contributed by atoms with E-state index in [2.05, 4.69) is 102 Å². The highest BCUT2D eigenvalue weighted by atomic mass is 14.7. The summed E-state index contributed by atoms with van der Waals surface area (Å²) in [7, 11) is 0. The van der Waals surface area contributed by atoms with Crippen molar-refractivity contribution in [2.75, 3.05) is 0 Å². The van der Waals surface area contributed by atoms with E-state index in [1.165, 1.54) is 43.1 Å². The van der Waals surface area contributed by atoms with Gasteiger partial charge in [0.15, 0.2) is 0 Å². The van der Waals surface area contributed by atoms with Gasteiger partial charge in [0.05, 0.1) is 5.69 Å². The van der Waals surface area contributed by atoms with Gasteiger partial charge in [0, 0.05) is 17.1 Å². The normalized spacial score (nSPS) is 11.6. The molecule has 5 aromatic carbocycles. The zero-order valence-corrected chi connectivity index (χ0v) is 15.3. The van der Waals surface area contributed by atoms with Gasteiger partial charge >= 0.3 is 0 Å². The summed E-state index contributed by atoms with van der Waals surface area (Å²) in [6.45, 7) is 0. The van der Waals surface area contributed by atoms with Gasteiger partial charge in [-0.3, -0.25) is 4.98 Å². The van der Waals surface area contributed by atoms with Crippen molar-refractivity contribution in [3.05, 3.63) is 103 Å². The van der Waals surface area contributed by atoms with Crippen molar-refractivity contribution in [3.8, 4) is 11.3 Å². The Balaban J connectivity index is 1.63. The lowest BCUT2D eigenvalue weighted by atomic mass is 9.95. The van der Waals surface area contributed by atoms with Crippen LogP contribution in [-0.4, -0.2) is 4.98 Å². The molecule has 6 aromatic rings. The number of hydrogen-bond donors (Lipinski definition) is 0. The van der Waals surface area contributed by atoms with E-state index in [0.29, 0.717) is 0 Å². The minimum Gasteiger partial charge on any atom is -0.256 e. The lowest BCUT2D eigenvalue weighted by Crippen LogP contribution is -1.87. The lowest BCUT2D eigenvalue weighted by Gasteiger charge is -2.10. The Hall–Kier alpha value is -3.71. The Labute approximate surface area is 162 Å². The highest BCUT2D eigenvalue weighted by molar-refractivity contribution is 6.17. The van der Waals surface area contributed by atoms with E-state index < -0.39 is 0 Å². The number of pyridine rings is 1. The van der Waals surface area contributed by atoms with Crippen LogP contribution < -0.4 is 0 Å². The van der Waals surface area contributed by atoms with Gasteiger partial charge in [0.1, 0.15) is 0 Å². The first-order valence-corrected chi connectivity index (χ1v) is 9.57. The smallest absolute Gasteiger partial charge is 0.0780 e. The molecule has 0 spiro atoms. The fourth-order valence-electron chi connectivity index (χ4n) is 4.33. The molecule has 0 amide bonds. The van der Waals surface area contributed by atoms with Crippen LogP contribution in [0.3, 0.4) is 0 Å². The second kappa shape index (κ2) is 5.90. The molecule has 1 heteroatoms. The molecule has 0 aliphatic heterocycles. The average Bonchev–Trinajstić information content (AvgIpc) is 2.78. The standard InChI is InChI=1S/C27H17N/c1-3-7-22-18(5-1)9-13-26-23-12-11-21(17-20(23)10-14-25(22)26)27-24-8-4-2-6-19(24)15-16-28-27/h1-17H. The largest absolute Gasteiger partial charge is 0.256 e. The number of benzene rings is 5. The van der Waals surface area contributed by atoms with E-state index >= 15 is 0 Å². The first-order chi connectivity index (χ1) is 13.9. The minimum absolute atomic E-state index is 1.04. The third-order valence-electron chi connectivity index (χ3n) is 5.69. The van der Waals surface area contributed by atoms with E-state index in [1.807, 2.05) is 6.20 Å². The van der Waals surface area contributed by atoms with Crippen molar-refractivity contribution in [2.45, 2.75) is 0 Å². The molecule has 0 bridgehead atoms. The molecule has 28 heavy (non-hydrogen) atoms. The van der Waals surface area contributed by atoms with Gasteiger partial charge in [-0.05, 0) is 49.8 Å². The van der Waals surface area contributed by atoms with E-state index in [1.54, 1.807) is 0 Å². The van der Waals surface area contributed by atoms with Crippen molar-refractivity contribution < 1.29 is 0 Å². The van der Waals surface area contributed by atoms with E-state index in [-0.39, 0.29) is 0 Å². The molecule has 0 saturated carbocycles. The quantitative estimate of drug-likeness (QED) is 0.281. The van der Waals surface area contributed by atoms with Crippen LogP contribution in [0.25, 0.3) is 54.3 Å². The molecule has 1 nitrogen and oxygen atoms in total. The Morgan fingerprint density at radius 1 is 0.429 bits per heavy atom. The molecule has 0 unspecified atom stereocenters. The fraction of sp³-hybridized carbons (Fsp3) is 0. The number of nitrogens with zero attached hydrogens (tertiary/aromatic N) is 1. The van der Waals surface area contributed by atoms with Crippen molar-refractivity contribution >= 4 is 43.1 Å². The summed E-state index contributed by atoms with van der Waals surface area (Å²) in [5.41, 5.74) is 2.20. The fourth-order valence-corrected chi connectivity index (χ4v) is 4.33. The van der Waals surface area contributed by atoms with E-state index in [9.17, 15) is 0 Å². The number of hydrogen-bond acceptors (Lipinski definition) is 1. The number of rotatable bonds is 1. The third-order valence-corrected chi connectivity index (χ3v) is 5.69. The van der Waals surface area contributed by atoms with Gasteiger partial charge in [-0.15, -0.1) is 0 Å². The SMILES string of the molecule is c1ccc2c(-c3ccc4c(ccc5c6ccccc6ccc45)c3)nccc2c1. The maximum absolute atomic E-state index is 4.69. The summed E-state index contributed by atoms with van der Waals surface area (Å²) >= 11 is 0. The van der Waals surface area contributed by atoms with Crippen LogP contribution in [0.1, 0.15) is 0 Å². The summed E-state index contributed by atoms with van der Waals surface area (Å²) in [6.07, 6.45) is 1.90. The Morgan fingerprint density at radius 3 is 1.86 bits per heavy atom. The van der Waals surface area contributed by atoms with Crippen LogP contribution in [0, 0.1) is 0 Å². The Morgan fingerprint density at radius 2 is 1.04 bits per heavy atom. The van der Waals surface area contributed by atoms with Crippen LogP contribution in [0.2, 0.25) is 0 Å². The predicted octanol–water partition coefficient (Wildman–Crippen LogP) is 7.36. The summed E-state index contributed by atoms with van der Waals surface area (Å²) < 4.78 is 0. The van der Waals surface area contributed by atoms with Gasteiger partial charge < -0.3 is 0 Å². The van der Waals surface area contributed by atoms with Gasteiger partial charge in [-0.2, -0.15) is 0 Å². The Bertz CT molecular complexity index is 1510. The first-order valence-electron chi connectivity index (χ1n) is 9.57. The van der Waals surface area contributed by atoms with Crippen molar-refractivity contribution in [1.29, 1.82) is 0 Å². The highest BCUT2D eigenvalue weighted by Crippen LogP contribution is 2.34. The molecule has 0 aliphatic carbocycles. The number of fused-ring (bicyclic) bond motifs is 6. The van der Waals surface area contributed by atoms with Crippen molar-refractivity contribution in [1.82, 2.24) is 4.98 Å². The molecule has 0 aliphatic rings. The Kier molecular flexibility index (Phi) is 3.24. The van der Waals surface area contributed by atoms with E-state index in [4.69, 9.17) is 0 Å². The minimum atomic E-state index is 1.04. The van der Waals surface area contributed by atoms with Crippen LogP contribution in [-0.2, 0) is 0 Å². The molecule has 0 radical (unpaired) electrons. The summed E-state index contributed by atoms with van der Waals surface area (Å²) in [4.78, 5) is 4.69. The molecule has 6 rings (SSSR count). The molecule has 130 valence electrons. The molecular formula is C27H17N. The van der Waals surface area contributed by atoms with Crippen LogP contribution in [0.5, 0.6) is 0 Å². The number of aromatic nitrogens is 1. The summed E-state index contributed by atoms with van der Waals surface area (Å²) in [5.74, 6) is 0. The molecule has 0 saturated heterocycles.